The van der Waals surface area contributed by atoms with Crippen molar-refractivity contribution in [2.45, 2.75) is 57.9 Å². The quantitative estimate of drug-likeness (QED) is 0.338. The molecule has 142 valence electrons. The standard InChI is InChI=1S/C18H37N5.HI/c1-3-19-18(21-12-16-23-13-7-4-8-14-23)20-11-15-22(2)17-9-5-6-10-17;/h17H,3-16H2,1-2H3,(H2,19,20,21);1H. The van der Waals surface area contributed by atoms with Crippen LogP contribution in [0.4, 0.5) is 0 Å². The van der Waals surface area contributed by atoms with Gasteiger partial charge < -0.3 is 20.4 Å². The fourth-order valence-electron chi connectivity index (χ4n) is 3.71. The van der Waals surface area contributed by atoms with Crippen LogP contribution in [0.5, 0.6) is 0 Å². The summed E-state index contributed by atoms with van der Waals surface area (Å²) in [7, 11) is 2.26. The summed E-state index contributed by atoms with van der Waals surface area (Å²) in [4.78, 5) is 9.79. The summed E-state index contributed by atoms with van der Waals surface area (Å²) in [5, 5.41) is 6.86. The van der Waals surface area contributed by atoms with Crippen molar-refractivity contribution in [1.82, 2.24) is 20.4 Å². The molecule has 0 aromatic carbocycles. The van der Waals surface area contributed by atoms with Crippen LogP contribution in [0.15, 0.2) is 4.99 Å². The average molecular weight is 451 g/mol. The molecule has 0 aromatic rings. The Morgan fingerprint density at radius 1 is 1.08 bits per heavy atom. The number of nitrogens with zero attached hydrogens (tertiary/aromatic N) is 3. The molecule has 0 aromatic heterocycles. The van der Waals surface area contributed by atoms with Gasteiger partial charge in [0.25, 0.3) is 0 Å². The molecule has 0 unspecified atom stereocenters. The molecule has 2 rings (SSSR count). The molecule has 5 nitrogen and oxygen atoms in total. The van der Waals surface area contributed by atoms with E-state index in [1.54, 1.807) is 0 Å². The lowest BCUT2D eigenvalue weighted by molar-refractivity contribution is 0.235. The highest BCUT2D eigenvalue weighted by Crippen LogP contribution is 2.21. The number of likely N-dealkylation sites (tertiary alicyclic amines) is 1. The van der Waals surface area contributed by atoms with Crippen molar-refractivity contribution >= 4 is 29.9 Å². The first kappa shape index (κ1) is 22.0. The van der Waals surface area contributed by atoms with Gasteiger partial charge in [-0.2, -0.15) is 0 Å². The number of hydrogen-bond donors (Lipinski definition) is 2. The van der Waals surface area contributed by atoms with Crippen LogP contribution in [0.2, 0.25) is 0 Å². The molecule has 0 atom stereocenters. The Hall–Kier alpha value is -0.0800. The summed E-state index contributed by atoms with van der Waals surface area (Å²) < 4.78 is 0. The van der Waals surface area contributed by atoms with Crippen LogP contribution in [0, 0.1) is 0 Å². The molecule has 2 N–H and O–H groups in total. The summed E-state index contributed by atoms with van der Waals surface area (Å²) >= 11 is 0. The monoisotopic (exact) mass is 451 g/mol. The molecule has 1 heterocycles. The predicted octanol–water partition coefficient (Wildman–Crippen LogP) is 2.52. The van der Waals surface area contributed by atoms with Crippen molar-refractivity contribution in [3.8, 4) is 0 Å². The number of piperidine rings is 1. The zero-order valence-corrected chi connectivity index (χ0v) is 18.1. The maximum Gasteiger partial charge on any atom is 0.191 e. The van der Waals surface area contributed by atoms with E-state index in [4.69, 9.17) is 4.99 Å². The highest BCUT2D eigenvalue weighted by Gasteiger charge is 2.18. The first-order valence-corrected chi connectivity index (χ1v) is 9.74. The molecular weight excluding hydrogens is 413 g/mol. The van der Waals surface area contributed by atoms with Crippen molar-refractivity contribution in [3.05, 3.63) is 0 Å². The lowest BCUT2D eigenvalue weighted by atomic mass is 10.1. The second-order valence-electron chi connectivity index (χ2n) is 7.01. The van der Waals surface area contributed by atoms with E-state index < -0.39 is 0 Å². The van der Waals surface area contributed by atoms with Crippen molar-refractivity contribution < 1.29 is 0 Å². The van der Waals surface area contributed by atoms with Gasteiger partial charge in [0.15, 0.2) is 5.96 Å². The molecule has 0 spiro atoms. The molecule has 1 saturated carbocycles. The minimum Gasteiger partial charge on any atom is -0.357 e. The van der Waals surface area contributed by atoms with Gasteiger partial charge in [-0.1, -0.05) is 19.3 Å². The van der Waals surface area contributed by atoms with Gasteiger partial charge in [-0.15, -0.1) is 24.0 Å². The van der Waals surface area contributed by atoms with E-state index in [-0.39, 0.29) is 24.0 Å². The molecule has 6 heteroatoms. The Morgan fingerprint density at radius 2 is 1.79 bits per heavy atom. The molecule has 1 aliphatic heterocycles. The third-order valence-electron chi connectivity index (χ3n) is 5.18. The molecule has 0 bridgehead atoms. The summed E-state index contributed by atoms with van der Waals surface area (Å²) in [6, 6.07) is 0.801. The van der Waals surface area contributed by atoms with Crippen molar-refractivity contribution in [1.29, 1.82) is 0 Å². The maximum absolute atomic E-state index is 4.74. The molecule has 1 saturated heterocycles. The summed E-state index contributed by atoms with van der Waals surface area (Å²) in [5.74, 6) is 0.976. The van der Waals surface area contributed by atoms with Crippen molar-refractivity contribution in [2.75, 3.05) is 52.9 Å². The molecule has 24 heavy (non-hydrogen) atoms. The van der Waals surface area contributed by atoms with Gasteiger partial charge in [-0.05, 0) is 52.7 Å². The van der Waals surface area contributed by atoms with Gasteiger partial charge in [-0.3, -0.25) is 4.99 Å². The van der Waals surface area contributed by atoms with Crippen LogP contribution in [-0.4, -0.2) is 74.7 Å². The van der Waals surface area contributed by atoms with Crippen LogP contribution in [0.3, 0.4) is 0 Å². The van der Waals surface area contributed by atoms with Crippen LogP contribution in [0.25, 0.3) is 0 Å². The molecular formula is C18H38IN5. The Bertz CT molecular complexity index is 338. The minimum atomic E-state index is 0. The van der Waals surface area contributed by atoms with E-state index in [2.05, 4.69) is 34.4 Å². The van der Waals surface area contributed by atoms with Gasteiger partial charge in [0, 0.05) is 32.2 Å². The fraction of sp³-hybridized carbons (Fsp3) is 0.944. The zero-order valence-electron chi connectivity index (χ0n) is 15.7. The Morgan fingerprint density at radius 3 is 2.46 bits per heavy atom. The number of guanidine groups is 1. The second kappa shape index (κ2) is 13.2. The van der Waals surface area contributed by atoms with Gasteiger partial charge >= 0.3 is 0 Å². The Labute approximate surface area is 166 Å². The molecule has 2 aliphatic rings. The average Bonchev–Trinajstić information content (AvgIpc) is 3.10. The third kappa shape index (κ3) is 8.34. The molecule has 0 radical (unpaired) electrons. The number of halogens is 1. The van der Waals surface area contributed by atoms with E-state index in [1.165, 1.54) is 58.0 Å². The van der Waals surface area contributed by atoms with E-state index in [0.717, 1.165) is 44.7 Å². The predicted molar refractivity (Wildman–Crippen MR) is 115 cm³/mol. The number of rotatable bonds is 8. The Kier molecular flexibility index (Phi) is 12.0. The van der Waals surface area contributed by atoms with Crippen LogP contribution in [-0.2, 0) is 0 Å². The highest BCUT2D eigenvalue weighted by molar-refractivity contribution is 14.0. The lowest BCUT2D eigenvalue weighted by Crippen LogP contribution is -2.43. The van der Waals surface area contributed by atoms with Gasteiger partial charge in [-0.25, -0.2) is 0 Å². The van der Waals surface area contributed by atoms with Crippen LogP contribution in [0.1, 0.15) is 51.9 Å². The highest BCUT2D eigenvalue weighted by atomic mass is 127. The Balaban J connectivity index is 0.00000288. The van der Waals surface area contributed by atoms with E-state index in [9.17, 15) is 0 Å². The third-order valence-corrected chi connectivity index (χ3v) is 5.18. The SMILES string of the molecule is CCNC(=NCCN1CCCCC1)NCCN(C)C1CCCC1.I. The van der Waals surface area contributed by atoms with Gasteiger partial charge in [0.05, 0.1) is 6.54 Å². The first-order chi connectivity index (χ1) is 11.3. The van der Waals surface area contributed by atoms with E-state index >= 15 is 0 Å². The van der Waals surface area contributed by atoms with Crippen molar-refractivity contribution in [3.63, 3.8) is 0 Å². The molecule has 1 aliphatic carbocycles. The van der Waals surface area contributed by atoms with E-state index in [0.29, 0.717) is 0 Å². The van der Waals surface area contributed by atoms with Gasteiger partial charge in [0.1, 0.15) is 0 Å². The van der Waals surface area contributed by atoms with E-state index in [1.807, 2.05) is 0 Å². The normalized spacial score (nSPS) is 20.2. The second-order valence-corrected chi connectivity index (χ2v) is 7.01. The summed E-state index contributed by atoms with van der Waals surface area (Å²) in [5.41, 5.74) is 0. The zero-order chi connectivity index (χ0) is 16.3. The first-order valence-electron chi connectivity index (χ1n) is 9.74. The number of aliphatic imine (C=N–C) groups is 1. The molecule has 2 fully saturated rings. The number of hydrogen-bond acceptors (Lipinski definition) is 3. The number of nitrogens with one attached hydrogen (secondary N) is 2. The maximum atomic E-state index is 4.74. The largest absolute Gasteiger partial charge is 0.357 e. The smallest absolute Gasteiger partial charge is 0.191 e. The number of likely N-dealkylation sites (N-methyl/N-ethyl adjacent to an activating group) is 1. The molecule has 0 amide bonds. The van der Waals surface area contributed by atoms with Crippen molar-refractivity contribution in [2.24, 2.45) is 4.99 Å². The lowest BCUT2D eigenvalue weighted by Gasteiger charge is -2.26. The summed E-state index contributed by atoms with van der Waals surface area (Å²) in [6.07, 6.45) is 9.68. The van der Waals surface area contributed by atoms with Gasteiger partial charge in [0.2, 0.25) is 0 Å². The fourth-order valence-corrected chi connectivity index (χ4v) is 3.71. The van der Waals surface area contributed by atoms with Crippen LogP contribution < -0.4 is 10.6 Å². The van der Waals surface area contributed by atoms with Crippen LogP contribution >= 0.6 is 24.0 Å². The minimum absolute atomic E-state index is 0. The topological polar surface area (TPSA) is 42.9 Å². The summed E-state index contributed by atoms with van der Waals surface area (Å²) in [6.45, 7) is 9.63.